The Bertz CT molecular complexity index is 1010. The molecule has 3 aliphatic heterocycles. The molecule has 2 saturated heterocycles. The highest BCUT2D eigenvalue weighted by Crippen LogP contribution is 2.38. The molecule has 0 aliphatic carbocycles. The minimum atomic E-state index is -0.503. The Morgan fingerprint density at radius 2 is 2.03 bits per heavy atom. The number of ether oxygens (including phenoxy) is 4. The average Bonchev–Trinajstić information content (AvgIpc) is 3.00. The summed E-state index contributed by atoms with van der Waals surface area (Å²) >= 11 is 0. The monoisotopic (exact) mass is 467 g/mol. The number of amides is 1. The fourth-order valence-electron chi connectivity index (χ4n) is 4.72. The van der Waals surface area contributed by atoms with Crippen molar-refractivity contribution >= 4 is 23.1 Å². The fraction of sp³-hybridized carbons (Fsp3) is 0.538. The van der Waals surface area contributed by atoms with Crippen molar-refractivity contribution in [1.29, 1.82) is 0 Å². The number of anilines is 3. The van der Waals surface area contributed by atoms with E-state index in [0.29, 0.717) is 32.8 Å². The lowest BCUT2D eigenvalue weighted by Gasteiger charge is -2.33. The molecular weight excluding hydrogens is 434 g/mol. The maximum Gasteiger partial charge on any atom is 0.256 e. The highest BCUT2D eigenvalue weighted by Gasteiger charge is 2.34. The normalized spacial score (nSPS) is 26.9. The molecule has 0 bridgehead atoms. The summed E-state index contributed by atoms with van der Waals surface area (Å²) in [6.07, 6.45) is 2.78. The summed E-state index contributed by atoms with van der Waals surface area (Å²) in [6, 6.07) is 9.94. The first-order valence-corrected chi connectivity index (χ1v) is 12.1. The molecule has 1 amide bonds. The number of hydrogen-bond donors (Lipinski definition) is 1. The first-order valence-electron chi connectivity index (χ1n) is 12.1. The van der Waals surface area contributed by atoms with E-state index in [1.54, 1.807) is 6.20 Å². The maximum atomic E-state index is 13.8. The van der Waals surface area contributed by atoms with Crippen LogP contribution in [-0.4, -0.2) is 55.1 Å². The van der Waals surface area contributed by atoms with Crippen molar-refractivity contribution in [3.05, 3.63) is 47.7 Å². The zero-order chi connectivity index (χ0) is 23.7. The quantitative estimate of drug-likeness (QED) is 0.724. The van der Waals surface area contributed by atoms with Crippen LogP contribution >= 0.6 is 0 Å². The molecule has 1 N–H and O–H groups in total. The van der Waals surface area contributed by atoms with E-state index >= 15 is 0 Å². The van der Waals surface area contributed by atoms with Crippen molar-refractivity contribution in [2.75, 3.05) is 30.0 Å². The van der Waals surface area contributed by atoms with Crippen LogP contribution < -0.4 is 10.2 Å². The summed E-state index contributed by atoms with van der Waals surface area (Å²) in [5.74, 6) is 0.710. The standard InChI is InChI=1S/C26H33N3O5/c1-16(2)34-20-7-9-23(33-14-20)26(30)29-12-19-5-4-10-27-25(19)28-21-8-6-18(11-22(21)29)24-15-31-17(3)13-32-24/h4-6,8,10-11,16-17,20,23-24H,7,9,12-15H2,1-3H3,(H,27,28)/t17?,20-,23+,24?/m0/s1. The van der Waals surface area contributed by atoms with Gasteiger partial charge < -0.3 is 29.2 Å². The number of carbonyl (C=O) groups excluding carboxylic acids is 1. The molecule has 1 aromatic carbocycles. The van der Waals surface area contributed by atoms with Crippen LogP contribution in [0.4, 0.5) is 17.2 Å². The number of pyridine rings is 1. The molecule has 2 unspecified atom stereocenters. The van der Waals surface area contributed by atoms with Crippen molar-refractivity contribution in [2.45, 2.75) is 70.7 Å². The van der Waals surface area contributed by atoms with Crippen molar-refractivity contribution < 1.29 is 23.7 Å². The van der Waals surface area contributed by atoms with Gasteiger partial charge in [0.1, 0.15) is 18.0 Å². The van der Waals surface area contributed by atoms with E-state index in [1.165, 1.54) is 0 Å². The first kappa shape index (κ1) is 23.2. The Labute approximate surface area is 200 Å². The second-order valence-corrected chi connectivity index (χ2v) is 9.51. The maximum absolute atomic E-state index is 13.8. The number of nitrogens with one attached hydrogen (secondary N) is 1. The van der Waals surface area contributed by atoms with Crippen LogP contribution in [0.3, 0.4) is 0 Å². The lowest BCUT2D eigenvalue weighted by atomic mass is 10.0. The molecule has 2 aromatic rings. The molecule has 8 nitrogen and oxygen atoms in total. The van der Waals surface area contributed by atoms with Crippen LogP contribution in [0.2, 0.25) is 0 Å². The molecule has 0 saturated carbocycles. The van der Waals surface area contributed by atoms with E-state index < -0.39 is 6.10 Å². The Kier molecular flexibility index (Phi) is 6.83. The van der Waals surface area contributed by atoms with Gasteiger partial charge in [-0.25, -0.2) is 4.98 Å². The van der Waals surface area contributed by atoms with Crippen LogP contribution in [0, 0.1) is 0 Å². The van der Waals surface area contributed by atoms with Gasteiger partial charge in [-0.1, -0.05) is 12.1 Å². The Morgan fingerprint density at radius 3 is 2.76 bits per heavy atom. The Morgan fingerprint density at radius 1 is 1.15 bits per heavy atom. The molecular formula is C26H33N3O5. The second-order valence-electron chi connectivity index (χ2n) is 9.51. The number of carbonyl (C=O) groups is 1. The summed E-state index contributed by atoms with van der Waals surface area (Å²) < 4.78 is 23.7. The van der Waals surface area contributed by atoms with Crippen molar-refractivity contribution in [3.63, 3.8) is 0 Å². The molecule has 4 atom stereocenters. The molecule has 182 valence electrons. The van der Waals surface area contributed by atoms with E-state index in [1.807, 2.05) is 56.0 Å². The Hall–Kier alpha value is -2.52. The smallest absolute Gasteiger partial charge is 0.256 e. The molecule has 0 radical (unpaired) electrons. The summed E-state index contributed by atoms with van der Waals surface area (Å²) in [6.45, 7) is 7.92. The van der Waals surface area contributed by atoms with E-state index in [9.17, 15) is 4.79 Å². The topological polar surface area (TPSA) is 82.2 Å². The summed E-state index contributed by atoms with van der Waals surface area (Å²) in [7, 11) is 0. The van der Waals surface area contributed by atoms with E-state index in [-0.39, 0.29) is 30.3 Å². The van der Waals surface area contributed by atoms with Gasteiger partial charge in [-0.2, -0.15) is 0 Å². The molecule has 0 spiro atoms. The molecule has 4 heterocycles. The second kappa shape index (κ2) is 10.00. The van der Waals surface area contributed by atoms with Crippen molar-refractivity contribution in [3.8, 4) is 0 Å². The fourth-order valence-corrected chi connectivity index (χ4v) is 4.72. The number of benzene rings is 1. The number of fused-ring (bicyclic) bond motifs is 2. The van der Waals surface area contributed by atoms with E-state index in [0.717, 1.165) is 34.7 Å². The van der Waals surface area contributed by atoms with Crippen LogP contribution in [-0.2, 0) is 30.3 Å². The largest absolute Gasteiger partial charge is 0.373 e. The number of nitrogens with zero attached hydrogens (tertiary/aromatic N) is 2. The lowest BCUT2D eigenvalue weighted by Crippen LogP contribution is -2.44. The highest BCUT2D eigenvalue weighted by molar-refractivity contribution is 6.01. The Balaban J connectivity index is 1.43. The van der Waals surface area contributed by atoms with Gasteiger partial charge >= 0.3 is 0 Å². The third-order valence-electron chi connectivity index (χ3n) is 6.46. The van der Waals surface area contributed by atoms with E-state index in [2.05, 4.69) is 10.3 Å². The van der Waals surface area contributed by atoms with Crippen molar-refractivity contribution in [1.82, 2.24) is 4.98 Å². The third-order valence-corrected chi connectivity index (χ3v) is 6.46. The molecule has 1 aromatic heterocycles. The molecule has 2 fully saturated rings. The van der Waals surface area contributed by atoms with Gasteiger partial charge in [0.15, 0.2) is 0 Å². The molecule has 5 rings (SSSR count). The van der Waals surface area contributed by atoms with Crippen LogP contribution in [0.15, 0.2) is 36.5 Å². The lowest BCUT2D eigenvalue weighted by molar-refractivity contribution is -0.143. The van der Waals surface area contributed by atoms with E-state index in [4.69, 9.17) is 18.9 Å². The summed E-state index contributed by atoms with van der Waals surface area (Å²) in [5.41, 5.74) is 3.57. The highest BCUT2D eigenvalue weighted by atomic mass is 16.6. The van der Waals surface area contributed by atoms with Crippen LogP contribution in [0.1, 0.15) is 50.8 Å². The minimum absolute atomic E-state index is 0.0320. The predicted molar refractivity (Wildman–Crippen MR) is 128 cm³/mol. The zero-order valence-electron chi connectivity index (χ0n) is 20.0. The van der Waals surface area contributed by atoms with Gasteiger partial charge in [-0.05, 0) is 57.4 Å². The van der Waals surface area contributed by atoms with Gasteiger partial charge in [0.05, 0.1) is 56.1 Å². The van der Waals surface area contributed by atoms with Crippen LogP contribution in [0.5, 0.6) is 0 Å². The summed E-state index contributed by atoms with van der Waals surface area (Å²) in [5, 5.41) is 3.42. The number of rotatable bonds is 4. The molecule has 8 heteroatoms. The molecule has 34 heavy (non-hydrogen) atoms. The van der Waals surface area contributed by atoms with Gasteiger partial charge in [0, 0.05) is 11.8 Å². The third kappa shape index (κ3) is 4.95. The number of hydrogen-bond acceptors (Lipinski definition) is 7. The molecule has 3 aliphatic rings. The summed E-state index contributed by atoms with van der Waals surface area (Å²) in [4.78, 5) is 20.1. The zero-order valence-corrected chi connectivity index (χ0v) is 20.0. The predicted octanol–water partition coefficient (Wildman–Crippen LogP) is 4.12. The van der Waals surface area contributed by atoms with Gasteiger partial charge in [-0.3, -0.25) is 4.79 Å². The van der Waals surface area contributed by atoms with Gasteiger partial charge in [0.2, 0.25) is 0 Å². The van der Waals surface area contributed by atoms with Gasteiger partial charge in [0.25, 0.3) is 5.91 Å². The number of aromatic nitrogens is 1. The van der Waals surface area contributed by atoms with Gasteiger partial charge in [-0.15, -0.1) is 0 Å². The SMILES string of the molecule is CC(C)O[C@H]1CC[C@H](C(=O)N2Cc3cccnc3Nc3ccc(C4COC(C)CO4)cc32)OC1. The first-order chi connectivity index (χ1) is 16.5. The van der Waals surface area contributed by atoms with Crippen LogP contribution in [0.25, 0.3) is 0 Å². The van der Waals surface area contributed by atoms with Crippen molar-refractivity contribution in [2.24, 2.45) is 0 Å². The average molecular weight is 468 g/mol. The minimum Gasteiger partial charge on any atom is -0.373 e.